The zero-order valence-electron chi connectivity index (χ0n) is 10.7. The lowest BCUT2D eigenvalue weighted by molar-refractivity contribution is 0.623. The van der Waals surface area contributed by atoms with Crippen molar-refractivity contribution in [2.45, 2.75) is 6.42 Å². The third kappa shape index (κ3) is 2.01. The second kappa shape index (κ2) is 4.59. The number of nitrogen functional groups attached to an aromatic ring is 1. The molecule has 3 N–H and O–H groups in total. The van der Waals surface area contributed by atoms with E-state index in [0.717, 1.165) is 12.0 Å². The summed E-state index contributed by atoms with van der Waals surface area (Å²) >= 11 is 0. The molecular formula is C15H13F2N3. The molecule has 5 heteroatoms. The van der Waals surface area contributed by atoms with Gasteiger partial charge < -0.3 is 10.6 Å². The highest BCUT2D eigenvalue weighted by molar-refractivity contribution is 5.95. The number of nitrogens with two attached hydrogens (primary N) is 1. The summed E-state index contributed by atoms with van der Waals surface area (Å²) in [6, 6.07) is 8.96. The summed E-state index contributed by atoms with van der Waals surface area (Å²) < 4.78 is 27.5. The third-order valence-corrected chi connectivity index (χ3v) is 3.49. The van der Waals surface area contributed by atoms with Crippen LogP contribution in [0.25, 0.3) is 0 Å². The van der Waals surface area contributed by atoms with Gasteiger partial charge in [0.25, 0.3) is 0 Å². The number of amidine groups is 1. The van der Waals surface area contributed by atoms with Gasteiger partial charge >= 0.3 is 0 Å². The molecule has 1 heterocycles. The fourth-order valence-electron chi connectivity index (χ4n) is 2.50. The molecule has 0 saturated heterocycles. The standard InChI is InChI=1S/C15H13F2N3/c16-11-3-1-9-5-6-20(14(9)8-11)13-4-2-10(15(18)19)7-12(13)17/h1-4,7-8H,5-6H2,(H3,18,19). The fraction of sp³-hybridized carbons (Fsp3) is 0.133. The SMILES string of the molecule is N=C(N)c1ccc(N2CCc3ccc(F)cc32)c(F)c1. The van der Waals surface area contributed by atoms with Gasteiger partial charge in [-0.25, -0.2) is 8.78 Å². The number of anilines is 2. The number of nitrogens with zero attached hydrogens (tertiary/aromatic N) is 1. The first-order chi connectivity index (χ1) is 9.56. The zero-order chi connectivity index (χ0) is 14.3. The highest BCUT2D eigenvalue weighted by Crippen LogP contribution is 2.36. The minimum absolute atomic E-state index is 0.177. The average molecular weight is 273 g/mol. The van der Waals surface area contributed by atoms with Crippen molar-refractivity contribution in [3.63, 3.8) is 0 Å². The molecule has 0 aliphatic carbocycles. The Bertz CT molecular complexity index is 698. The Morgan fingerprint density at radius 1 is 1.10 bits per heavy atom. The maximum Gasteiger partial charge on any atom is 0.147 e. The van der Waals surface area contributed by atoms with Crippen LogP contribution in [0.3, 0.4) is 0 Å². The molecule has 20 heavy (non-hydrogen) atoms. The van der Waals surface area contributed by atoms with Gasteiger partial charge in [-0.1, -0.05) is 6.07 Å². The lowest BCUT2D eigenvalue weighted by atomic mass is 10.1. The van der Waals surface area contributed by atoms with Gasteiger partial charge in [0.2, 0.25) is 0 Å². The Kier molecular flexibility index (Phi) is 2.89. The van der Waals surface area contributed by atoms with Gasteiger partial charge in [0.05, 0.1) is 5.69 Å². The topological polar surface area (TPSA) is 53.1 Å². The van der Waals surface area contributed by atoms with Gasteiger partial charge in [-0.2, -0.15) is 0 Å². The molecule has 0 fully saturated rings. The van der Waals surface area contributed by atoms with E-state index in [-0.39, 0.29) is 11.7 Å². The highest BCUT2D eigenvalue weighted by Gasteiger charge is 2.23. The van der Waals surface area contributed by atoms with Crippen molar-refractivity contribution < 1.29 is 8.78 Å². The molecule has 2 aromatic rings. The Labute approximate surface area is 115 Å². The Morgan fingerprint density at radius 3 is 2.60 bits per heavy atom. The predicted octanol–water partition coefficient (Wildman–Crippen LogP) is 2.94. The molecule has 1 aliphatic heterocycles. The van der Waals surface area contributed by atoms with Gasteiger partial charge in [-0.3, -0.25) is 5.41 Å². The molecule has 0 radical (unpaired) electrons. The van der Waals surface area contributed by atoms with Crippen LogP contribution in [0.15, 0.2) is 36.4 Å². The van der Waals surface area contributed by atoms with E-state index in [0.29, 0.717) is 23.5 Å². The van der Waals surface area contributed by atoms with E-state index in [1.165, 1.54) is 18.2 Å². The summed E-state index contributed by atoms with van der Waals surface area (Å²) in [5, 5.41) is 7.31. The summed E-state index contributed by atoms with van der Waals surface area (Å²) in [7, 11) is 0. The quantitative estimate of drug-likeness (QED) is 0.653. The molecule has 2 aromatic carbocycles. The number of halogens is 2. The van der Waals surface area contributed by atoms with Crippen LogP contribution in [0.2, 0.25) is 0 Å². The molecule has 0 bridgehead atoms. The van der Waals surface area contributed by atoms with E-state index in [1.807, 2.05) is 0 Å². The largest absolute Gasteiger partial charge is 0.384 e. The van der Waals surface area contributed by atoms with Gasteiger partial charge in [-0.05, 0) is 42.3 Å². The number of fused-ring (bicyclic) bond motifs is 1. The van der Waals surface area contributed by atoms with Crippen LogP contribution in [0, 0.1) is 17.0 Å². The first-order valence-electron chi connectivity index (χ1n) is 6.26. The predicted molar refractivity (Wildman–Crippen MR) is 74.5 cm³/mol. The number of hydrogen-bond acceptors (Lipinski definition) is 2. The molecule has 0 atom stereocenters. The summed E-state index contributed by atoms with van der Waals surface area (Å²) in [6.07, 6.45) is 0.753. The summed E-state index contributed by atoms with van der Waals surface area (Å²) in [5.41, 5.74) is 7.74. The van der Waals surface area contributed by atoms with Crippen LogP contribution in [-0.4, -0.2) is 12.4 Å². The van der Waals surface area contributed by atoms with Crippen molar-refractivity contribution in [3.8, 4) is 0 Å². The van der Waals surface area contributed by atoms with Crippen LogP contribution in [0.4, 0.5) is 20.2 Å². The molecule has 0 aromatic heterocycles. The number of nitrogens with one attached hydrogen (secondary N) is 1. The molecule has 0 spiro atoms. The minimum atomic E-state index is -0.463. The van der Waals surface area contributed by atoms with Crippen LogP contribution >= 0.6 is 0 Å². The lowest BCUT2D eigenvalue weighted by Crippen LogP contribution is -2.16. The van der Waals surface area contributed by atoms with Gasteiger partial charge in [-0.15, -0.1) is 0 Å². The van der Waals surface area contributed by atoms with E-state index >= 15 is 0 Å². The van der Waals surface area contributed by atoms with Gasteiger partial charge in [0.1, 0.15) is 17.5 Å². The molecule has 0 saturated carbocycles. The smallest absolute Gasteiger partial charge is 0.147 e. The minimum Gasteiger partial charge on any atom is -0.384 e. The van der Waals surface area contributed by atoms with Crippen molar-refractivity contribution in [2.75, 3.05) is 11.4 Å². The van der Waals surface area contributed by atoms with Crippen LogP contribution in [0.1, 0.15) is 11.1 Å². The lowest BCUT2D eigenvalue weighted by Gasteiger charge is -2.20. The number of benzene rings is 2. The van der Waals surface area contributed by atoms with Gasteiger partial charge in [0, 0.05) is 17.8 Å². The van der Waals surface area contributed by atoms with E-state index < -0.39 is 5.82 Å². The second-order valence-corrected chi connectivity index (χ2v) is 4.75. The summed E-state index contributed by atoms with van der Waals surface area (Å²) in [6.45, 7) is 0.606. The molecule has 3 nitrogen and oxygen atoms in total. The van der Waals surface area contributed by atoms with Crippen LogP contribution < -0.4 is 10.6 Å². The Hall–Kier alpha value is -2.43. The first-order valence-corrected chi connectivity index (χ1v) is 6.26. The molecular weight excluding hydrogens is 260 g/mol. The Balaban J connectivity index is 2.04. The summed E-state index contributed by atoms with van der Waals surface area (Å²) in [5.74, 6) is -0.977. The van der Waals surface area contributed by atoms with Crippen molar-refractivity contribution in [1.29, 1.82) is 5.41 Å². The molecule has 102 valence electrons. The van der Waals surface area contributed by atoms with Crippen LogP contribution in [-0.2, 0) is 6.42 Å². The van der Waals surface area contributed by atoms with E-state index in [1.54, 1.807) is 23.1 Å². The first kappa shape index (κ1) is 12.6. The monoisotopic (exact) mass is 273 g/mol. The zero-order valence-corrected chi connectivity index (χ0v) is 10.7. The van der Waals surface area contributed by atoms with Crippen molar-refractivity contribution in [2.24, 2.45) is 5.73 Å². The van der Waals surface area contributed by atoms with Crippen molar-refractivity contribution in [1.82, 2.24) is 0 Å². The van der Waals surface area contributed by atoms with Gasteiger partial charge in [0.15, 0.2) is 0 Å². The maximum absolute atomic E-state index is 14.2. The number of hydrogen-bond donors (Lipinski definition) is 2. The van der Waals surface area contributed by atoms with Crippen LogP contribution in [0.5, 0.6) is 0 Å². The van der Waals surface area contributed by atoms with E-state index in [2.05, 4.69) is 0 Å². The average Bonchev–Trinajstić information content (AvgIpc) is 2.81. The molecule has 3 rings (SSSR count). The normalized spacial score (nSPS) is 13.4. The second-order valence-electron chi connectivity index (χ2n) is 4.75. The van der Waals surface area contributed by atoms with E-state index in [9.17, 15) is 8.78 Å². The Morgan fingerprint density at radius 2 is 1.90 bits per heavy atom. The fourth-order valence-corrected chi connectivity index (χ4v) is 2.50. The number of rotatable bonds is 2. The van der Waals surface area contributed by atoms with E-state index in [4.69, 9.17) is 11.1 Å². The molecule has 0 unspecified atom stereocenters. The summed E-state index contributed by atoms with van der Waals surface area (Å²) in [4.78, 5) is 1.75. The van der Waals surface area contributed by atoms with Crippen molar-refractivity contribution >= 4 is 17.2 Å². The molecule has 0 amide bonds. The third-order valence-electron chi connectivity index (χ3n) is 3.49. The maximum atomic E-state index is 14.2. The molecule has 1 aliphatic rings. The highest BCUT2D eigenvalue weighted by atomic mass is 19.1. The van der Waals surface area contributed by atoms with Crippen molar-refractivity contribution in [3.05, 3.63) is 59.2 Å².